The summed E-state index contributed by atoms with van der Waals surface area (Å²) in [6, 6.07) is 15.9. The van der Waals surface area contributed by atoms with Gasteiger partial charge in [-0.05, 0) is 48.2 Å². The van der Waals surface area contributed by atoms with Gasteiger partial charge in [-0.2, -0.15) is 5.10 Å². The van der Waals surface area contributed by atoms with Gasteiger partial charge in [0, 0.05) is 43.5 Å². The van der Waals surface area contributed by atoms with Crippen molar-refractivity contribution in [2.45, 2.75) is 38.3 Å². The number of likely N-dealkylation sites (tertiary alicyclic amines) is 1. The van der Waals surface area contributed by atoms with Crippen LogP contribution in [0.4, 0.5) is 10.5 Å². The molecule has 0 radical (unpaired) electrons. The fraction of sp³-hybridized carbons (Fsp3) is 0.370. The molecule has 2 aliphatic rings. The summed E-state index contributed by atoms with van der Waals surface area (Å²) in [6.45, 7) is 4.34. The molecule has 2 aromatic carbocycles. The monoisotopic (exact) mass is 473 g/mol. The Morgan fingerprint density at radius 2 is 1.89 bits per heavy atom. The lowest BCUT2D eigenvalue weighted by Gasteiger charge is -2.43. The van der Waals surface area contributed by atoms with Gasteiger partial charge >= 0.3 is 6.03 Å². The van der Waals surface area contributed by atoms with E-state index in [-0.39, 0.29) is 17.5 Å². The maximum Gasteiger partial charge on any atom is 0.325 e. The van der Waals surface area contributed by atoms with Crippen molar-refractivity contribution in [1.82, 2.24) is 20.0 Å². The predicted octanol–water partition coefficient (Wildman–Crippen LogP) is 4.30. The summed E-state index contributed by atoms with van der Waals surface area (Å²) >= 11 is 0. The molecule has 1 N–H and O–H groups in total. The zero-order chi connectivity index (χ0) is 24.4. The van der Waals surface area contributed by atoms with Crippen LogP contribution >= 0.6 is 0 Å². The molecule has 3 aromatic rings. The minimum Gasteiger partial charge on any atom is -0.497 e. The number of piperidine rings is 1. The fourth-order valence-corrected chi connectivity index (χ4v) is 5.25. The Kier molecular flexibility index (Phi) is 6.19. The van der Waals surface area contributed by atoms with Crippen LogP contribution in [0.2, 0.25) is 0 Å². The second kappa shape index (κ2) is 9.44. The van der Waals surface area contributed by atoms with E-state index in [2.05, 4.69) is 10.2 Å². The normalized spacial score (nSPS) is 17.3. The number of ether oxygens (including phenoxy) is 1. The highest BCUT2D eigenvalue weighted by atomic mass is 16.5. The number of aromatic nitrogens is 2. The zero-order valence-electron chi connectivity index (χ0n) is 20.2. The van der Waals surface area contributed by atoms with Crippen molar-refractivity contribution in [1.29, 1.82) is 0 Å². The molecule has 5 rings (SSSR count). The Morgan fingerprint density at radius 3 is 2.54 bits per heavy atom. The van der Waals surface area contributed by atoms with E-state index < -0.39 is 0 Å². The molecule has 35 heavy (non-hydrogen) atoms. The molecule has 0 unspecified atom stereocenters. The van der Waals surface area contributed by atoms with Crippen molar-refractivity contribution in [3.63, 3.8) is 0 Å². The molecule has 3 amide bonds. The topological polar surface area (TPSA) is 81.8 Å². The molecule has 0 saturated carbocycles. The van der Waals surface area contributed by atoms with E-state index in [1.54, 1.807) is 13.3 Å². The highest BCUT2D eigenvalue weighted by molar-refractivity contribution is 5.95. The maximum atomic E-state index is 13.8. The lowest BCUT2D eigenvalue weighted by atomic mass is 9.86. The van der Waals surface area contributed by atoms with Crippen molar-refractivity contribution in [3.8, 4) is 16.9 Å². The van der Waals surface area contributed by atoms with Crippen LogP contribution in [0.5, 0.6) is 5.75 Å². The third kappa shape index (κ3) is 4.36. The Labute approximate surface area is 205 Å². The molecule has 8 nitrogen and oxygen atoms in total. The van der Waals surface area contributed by atoms with Gasteiger partial charge < -0.3 is 14.5 Å². The number of benzene rings is 2. The molecule has 2 saturated heterocycles. The van der Waals surface area contributed by atoms with Gasteiger partial charge in [0.15, 0.2) is 0 Å². The summed E-state index contributed by atoms with van der Waals surface area (Å²) in [5, 5.41) is 6.86. The molecule has 0 aliphatic carbocycles. The number of hydrogen-bond acceptors (Lipinski definition) is 4. The van der Waals surface area contributed by atoms with Crippen LogP contribution in [0.25, 0.3) is 11.1 Å². The van der Waals surface area contributed by atoms with E-state index in [1.807, 2.05) is 76.4 Å². The largest absolute Gasteiger partial charge is 0.497 e. The number of H-pyrrole nitrogens is 1. The van der Waals surface area contributed by atoms with Gasteiger partial charge in [0.2, 0.25) is 5.91 Å². The van der Waals surface area contributed by atoms with Gasteiger partial charge in [0.25, 0.3) is 0 Å². The molecular formula is C27H31N5O3. The van der Waals surface area contributed by atoms with Crippen molar-refractivity contribution in [2.75, 3.05) is 31.6 Å². The summed E-state index contributed by atoms with van der Waals surface area (Å²) < 4.78 is 5.40. The molecule has 182 valence electrons. The van der Waals surface area contributed by atoms with Crippen molar-refractivity contribution >= 4 is 17.6 Å². The maximum absolute atomic E-state index is 13.8. The average molecular weight is 474 g/mol. The Bertz CT molecular complexity index is 1180. The molecule has 0 bridgehead atoms. The second-order valence-corrected chi connectivity index (χ2v) is 9.30. The number of anilines is 1. The highest BCUT2D eigenvalue weighted by Gasteiger charge is 2.51. The number of rotatable bonds is 6. The number of nitrogens with zero attached hydrogens (tertiary/aromatic N) is 4. The van der Waals surface area contributed by atoms with E-state index in [0.717, 1.165) is 41.0 Å². The quantitative estimate of drug-likeness (QED) is 0.579. The van der Waals surface area contributed by atoms with E-state index >= 15 is 0 Å². The lowest BCUT2D eigenvalue weighted by Crippen LogP contribution is -2.55. The van der Waals surface area contributed by atoms with Crippen molar-refractivity contribution in [3.05, 3.63) is 66.5 Å². The summed E-state index contributed by atoms with van der Waals surface area (Å²) in [4.78, 5) is 32.0. The minimum absolute atomic E-state index is 0.000788. The first-order valence-corrected chi connectivity index (χ1v) is 12.1. The standard InChI is InChI=1S/C27H31N5O3/c1-3-25(33)30-13-11-27(12-14-30)19-31(23-9-7-21(8-10-23)22-16-28-29-17-22)26(34)32(27)18-20-5-4-6-24(15-20)35-2/h4-10,15-17H,3,11-14,18-19H2,1-2H3,(H,28,29). The fourth-order valence-electron chi connectivity index (χ4n) is 5.25. The molecule has 1 spiro atoms. The predicted molar refractivity (Wildman–Crippen MR) is 134 cm³/mol. The molecule has 8 heteroatoms. The number of nitrogens with one attached hydrogen (secondary N) is 1. The Morgan fingerprint density at radius 1 is 1.11 bits per heavy atom. The SMILES string of the molecule is CCC(=O)N1CCC2(CC1)CN(c1ccc(-c3cn[nH]c3)cc1)C(=O)N2Cc1cccc(OC)c1. The van der Waals surface area contributed by atoms with Crippen LogP contribution in [0.15, 0.2) is 60.9 Å². The number of methoxy groups -OCH3 is 1. The van der Waals surface area contributed by atoms with Gasteiger partial charge in [0.1, 0.15) is 5.75 Å². The lowest BCUT2D eigenvalue weighted by molar-refractivity contribution is -0.133. The van der Waals surface area contributed by atoms with E-state index in [1.165, 1.54) is 0 Å². The average Bonchev–Trinajstić information content (AvgIpc) is 3.53. The molecule has 0 atom stereocenters. The number of hydrogen-bond donors (Lipinski definition) is 1. The summed E-state index contributed by atoms with van der Waals surface area (Å²) in [5.41, 5.74) is 3.63. The highest BCUT2D eigenvalue weighted by Crippen LogP contribution is 2.40. The van der Waals surface area contributed by atoms with Crippen LogP contribution in [0.3, 0.4) is 0 Å². The summed E-state index contributed by atoms with van der Waals surface area (Å²) in [7, 11) is 1.65. The number of urea groups is 1. The molecule has 1 aromatic heterocycles. The van der Waals surface area contributed by atoms with Gasteiger partial charge in [-0.3, -0.25) is 14.8 Å². The van der Waals surface area contributed by atoms with E-state index in [4.69, 9.17) is 4.74 Å². The number of aromatic amines is 1. The third-order valence-electron chi connectivity index (χ3n) is 7.32. The summed E-state index contributed by atoms with van der Waals surface area (Å²) in [5.74, 6) is 0.952. The van der Waals surface area contributed by atoms with Crippen molar-refractivity contribution in [2.24, 2.45) is 0 Å². The molecule has 2 aliphatic heterocycles. The van der Waals surface area contributed by atoms with Gasteiger partial charge in [0.05, 0.1) is 25.4 Å². The minimum atomic E-state index is -0.325. The van der Waals surface area contributed by atoms with E-state index in [0.29, 0.717) is 32.6 Å². The van der Waals surface area contributed by atoms with E-state index in [9.17, 15) is 9.59 Å². The second-order valence-electron chi connectivity index (χ2n) is 9.30. The van der Waals surface area contributed by atoms with Crippen LogP contribution < -0.4 is 9.64 Å². The third-order valence-corrected chi connectivity index (χ3v) is 7.32. The van der Waals surface area contributed by atoms with Crippen molar-refractivity contribution < 1.29 is 14.3 Å². The molecular weight excluding hydrogens is 442 g/mol. The van der Waals surface area contributed by atoms with Gasteiger partial charge in [-0.25, -0.2) is 4.79 Å². The molecule has 3 heterocycles. The number of carbonyl (C=O) groups is 2. The Balaban J connectivity index is 1.43. The van der Waals surface area contributed by atoms with Gasteiger partial charge in [-0.1, -0.05) is 31.2 Å². The first-order chi connectivity index (χ1) is 17.0. The van der Waals surface area contributed by atoms with Gasteiger partial charge in [-0.15, -0.1) is 0 Å². The first kappa shape index (κ1) is 23.0. The van der Waals surface area contributed by atoms with Crippen LogP contribution in [0, 0.1) is 0 Å². The molecule has 2 fully saturated rings. The smallest absolute Gasteiger partial charge is 0.325 e. The van der Waals surface area contributed by atoms with Crippen LogP contribution in [-0.4, -0.2) is 64.2 Å². The Hall–Kier alpha value is -3.81. The summed E-state index contributed by atoms with van der Waals surface area (Å²) in [6.07, 6.45) is 5.67. The number of carbonyl (C=O) groups excluding carboxylic acids is 2. The zero-order valence-corrected chi connectivity index (χ0v) is 20.2. The van der Waals surface area contributed by atoms with Crippen LogP contribution in [0.1, 0.15) is 31.7 Å². The van der Waals surface area contributed by atoms with Crippen LogP contribution in [-0.2, 0) is 11.3 Å². The first-order valence-electron chi connectivity index (χ1n) is 12.1. The number of amides is 3.